The van der Waals surface area contributed by atoms with Crippen molar-refractivity contribution < 1.29 is 14.3 Å². The molecular weight excluding hydrogens is 340 g/mol. The van der Waals surface area contributed by atoms with E-state index in [4.69, 9.17) is 26.8 Å². The first-order valence-corrected chi connectivity index (χ1v) is 9.60. The molecule has 1 unspecified atom stereocenters. The Bertz CT molecular complexity index is 580. The summed E-state index contributed by atoms with van der Waals surface area (Å²) in [5.41, 5.74) is 6.37. The number of unbranched alkanes of at least 4 members (excludes halogenated alkanes) is 1. The average molecular weight is 369 g/mol. The van der Waals surface area contributed by atoms with Crippen LogP contribution in [0.4, 0.5) is 0 Å². The number of hydrogen-bond acceptors (Lipinski definition) is 4. The summed E-state index contributed by atoms with van der Waals surface area (Å²) in [6, 6.07) is 3.51. The second-order valence-corrected chi connectivity index (χ2v) is 6.71. The molecule has 1 heterocycles. The van der Waals surface area contributed by atoms with Gasteiger partial charge in [-0.1, -0.05) is 24.9 Å². The van der Waals surface area contributed by atoms with Crippen molar-refractivity contribution >= 4 is 17.5 Å². The van der Waals surface area contributed by atoms with E-state index < -0.39 is 0 Å². The van der Waals surface area contributed by atoms with Gasteiger partial charge < -0.3 is 20.1 Å². The first-order valence-electron chi connectivity index (χ1n) is 9.22. The minimum Gasteiger partial charge on any atom is -0.490 e. The van der Waals surface area contributed by atoms with Crippen LogP contribution in [0.15, 0.2) is 12.1 Å². The van der Waals surface area contributed by atoms with Crippen LogP contribution in [0.2, 0.25) is 5.02 Å². The zero-order chi connectivity index (χ0) is 18.2. The molecule has 1 aliphatic rings. The Balaban J connectivity index is 2.26. The zero-order valence-corrected chi connectivity index (χ0v) is 16.0. The molecule has 1 aromatic carbocycles. The minimum absolute atomic E-state index is 0.0434. The number of piperidine rings is 1. The van der Waals surface area contributed by atoms with Gasteiger partial charge in [0.15, 0.2) is 11.5 Å². The molecule has 0 bridgehead atoms. The monoisotopic (exact) mass is 368 g/mol. The molecule has 1 amide bonds. The first kappa shape index (κ1) is 19.9. The summed E-state index contributed by atoms with van der Waals surface area (Å²) in [6.45, 7) is 6.27. The van der Waals surface area contributed by atoms with E-state index in [1.54, 1.807) is 12.1 Å². The van der Waals surface area contributed by atoms with Gasteiger partial charge in [-0.15, -0.1) is 0 Å². The molecule has 1 atom stereocenters. The van der Waals surface area contributed by atoms with Crippen LogP contribution in [-0.2, 0) is 0 Å². The number of hydrogen-bond donors (Lipinski definition) is 1. The molecular formula is C19H29ClN2O3. The Labute approximate surface area is 155 Å². The maximum absolute atomic E-state index is 13.0. The van der Waals surface area contributed by atoms with E-state index in [1.807, 2.05) is 11.8 Å². The number of amides is 1. The molecule has 2 N–H and O–H groups in total. The first-order chi connectivity index (χ1) is 12.1. The van der Waals surface area contributed by atoms with Gasteiger partial charge in [0.2, 0.25) is 0 Å². The summed E-state index contributed by atoms with van der Waals surface area (Å²) >= 11 is 6.40. The lowest BCUT2D eigenvalue weighted by atomic mass is 10.0. The van der Waals surface area contributed by atoms with Crippen molar-refractivity contribution in [1.82, 2.24) is 4.90 Å². The van der Waals surface area contributed by atoms with Gasteiger partial charge in [0.05, 0.1) is 18.2 Å². The van der Waals surface area contributed by atoms with Crippen LogP contribution in [0, 0.1) is 0 Å². The van der Waals surface area contributed by atoms with Crippen molar-refractivity contribution in [2.24, 2.45) is 5.73 Å². The number of benzene rings is 1. The van der Waals surface area contributed by atoms with Crippen molar-refractivity contribution in [2.45, 2.75) is 52.0 Å². The number of carbonyl (C=O) groups excluding carboxylic acids is 1. The highest BCUT2D eigenvalue weighted by molar-refractivity contribution is 6.32. The summed E-state index contributed by atoms with van der Waals surface area (Å²) < 4.78 is 11.5. The fourth-order valence-corrected chi connectivity index (χ4v) is 3.36. The van der Waals surface area contributed by atoms with E-state index in [9.17, 15) is 4.79 Å². The number of halogens is 1. The van der Waals surface area contributed by atoms with E-state index in [0.29, 0.717) is 41.8 Å². The van der Waals surface area contributed by atoms with E-state index in [-0.39, 0.29) is 11.9 Å². The SMILES string of the molecule is CCCCOc1c(Cl)cc(C(=O)N2CCCCC2CN)cc1OCC. The van der Waals surface area contributed by atoms with Crippen LogP contribution in [0.1, 0.15) is 56.3 Å². The lowest BCUT2D eigenvalue weighted by molar-refractivity contribution is 0.0623. The van der Waals surface area contributed by atoms with Gasteiger partial charge in [-0.3, -0.25) is 4.79 Å². The molecule has 1 saturated heterocycles. The average Bonchev–Trinajstić information content (AvgIpc) is 2.63. The molecule has 1 aromatic rings. The molecule has 0 aliphatic carbocycles. The third-order valence-electron chi connectivity index (χ3n) is 4.46. The molecule has 1 aliphatic heterocycles. The number of nitrogens with two attached hydrogens (primary N) is 1. The van der Waals surface area contributed by atoms with Crippen LogP contribution in [0.25, 0.3) is 0 Å². The molecule has 5 nitrogen and oxygen atoms in total. The molecule has 0 saturated carbocycles. The van der Waals surface area contributed by atoms with E-state index in [2.05, 4.69) is 6.92 Å². The molecule has 2 rings (SSSR count). The Kier molecular flexibility index (Phi) is 7.85. The van der Waals surface area contributed by atoms with Crippen molar-refractivity contribution in [3.05, 3.63) is 22.7 Å². The van der Waals surface area contributed by atoms with Gasteiger partial charge in [0.1, 0.15) is 0 Å². The second kappa shape index (κ2) is 9.88. The maximum Gasteiger partial charge on any atom is 0.254 e. The summed E-state index contributed by atoms with van der Waals surface area (Å²) in [6.07, 6.45) is 5.04. The van der Waals surface area contributed by atoms with Crippen LogP contribution in [0.3, 0.4) is 0 Å². The summed E-state index contributed by atoms with van der Waals surface area (Å²) in [7, 11) is 0. The third kappa shape index (κ3) is 5.02. The van der Waals surface area contributed by atoms with Gasteiger partial charge in [-0.2, -0.15) is 0 Å². The molecule has 0 aromatic heterocycles. The van der Waals surface area contributed by atoms with Crippen molar-refractivity contribution in [3.8, 4) is 11.5 Å². The Morgan fingerprint density at radius 2 is 2.12 bits per heavy atom. The predicted molar refractivity (Wildman–Crippen MR) is 101 cm³/mol. The van der Waals surface area contributed by atoms with Crippen LogP contribution >= 0.6 is 11.6 Å². The minimum atomic E-state index is -0.0434. The highest BCUT2D eigenvalue weighted by atomic mass is 35.5. The summed E-state index contributed by atoms with van der Waals surface area (Å²) in [4.78, 5) is 14.8. The van der Waals surface area contributed by atoms with Crippen molar-refractivity contribution in [1.29, 1.82) is 0 Å². The van der Waals surface area contributed by atoms with Gasteiger partial charge in [-0.25, -0.2) is 0 Å². The normalized spacial score (nSPS) is 17.4. The number of carbonyl (C=O) groups is 1. The topological polar surface area (TPSA) is 64.8 Å². The largest absolute Gasteiger partial charge is 0.490 e. The Morgan fingerprint density at radius 1 is 1.32 bits per heavy atom. The summed E-state index contributed by atoms with van der Waals surface area (Å²) in [5.74, 6) is 0.997. The van der Waals surface area contributed by atoms with Crippen LogP contribution < -0.4 is 15.2 Å². The molecule has 6 heteroatoms. The maximum atomic E-state index is 13.0. The fraction of sp³-hybridized carbons (Fsp3) is 0.632. The van der Waals surface area contributed by atoms with Gasteiger partial charge in [0.25, 0.3) is 5.91 Å². The quantitative estimate of drug-likeness (QED) is 0.707. The number of likely N-dealkylation sites (tertiary alicyclic amines) is 1. The zero-order valence-electron chi connectivity index (χ0n) is 15.2. The molecule has 25 heavy (non-hydrogen) atoms. The van der Waals surface area contributed by atoms with Crippen molar-refractivity contribution in [2.75, 3.05) is 26.3 Å². The fourth-order valence-electron chi connectivity index (χ4n) is 3.09. The third-order valence-corrected chi connectivity index (χ3v) is 4.74. The Hall–Kier alpha value is -1.46. The summed E-state index contributed by atoms with van der Waals surface area (Å²) in [5, 5.41) is 0.409. The van der Waals surface area contributed by atoms with Gasteiger partial charge in [0, 0.05) is 24.7 Å². The molecule has 0 spiro atoms. The number of nitrogens with zero attached hydrogens (tertiary/aromatic N) is 1. The molecule has 140 valence electrons. The van der Waals surface area contributed by atoms with Gasteiger partial charge in [-0.05, 0) is 44.7 Å². The highest BCUT2D eigenvalue weighted by Gasteiger charge is 2.27. The van der Waals surface area contributed by atoms with Crippen LogP contribution in [-0.4, -0.2) is 43.2 Å². The predicted octanol–water partition coefficient (Wildman–Crippen LogP) is 3.87. The lowest BCUT2D eigenvalue weighted by Crippen LogP contribution is -2.47. The van der Waals surface area contributed by atoms with E-state index in [1.165, 1.54) is 0 Å². The number of ether oxygens (including phenoxy) is 2. The number of rotatable bonds is 8. The highest BCUT2D eigenvalue weighted by Crippen LogP contribution is 2.37. The molecule has 0 radical (unpaired) electrons. The smallest absolute Gasteiger partial charge is 0.254 e. The second-order valence-electron chi connectivity index (χ2n) is 6.30. The van der Waals surface area contributed by atoms with Crippen molar-refractivity contribution in [3.63, 3.8) is 0 Å². The van der Waals surface area contributed by atoms with E-state index >= 15 is 0 Å². The lowest BCUT2D eigenvalue weighted by Gasteiger charge is -2.35. The standard InChI is InChI=1S/C19H29ClN2O3/c1-3-5-10-25-18-16(20)11-14(12-17(18)24-4-2)19(23)22-9-7-6-8-15(22)13-21/h11-12,15H,3-10,13,21H2,1-2H3. The molecule has 1 fully saturated rings. The van der Waals surface area contributed by atoms with E-state index in [0.717, 1.165) is 38.6 Å². The van der Waals surface area contributed by atoms with Gasteiger partial charge >= 0.3 is 0 Å². The Morgan fingerprint density at radius 3 is 2.80 bits per heavy atom. The van der Waals surface area contributed by atoms with Crippen LogP contribution in [0.5, 0.6) is 11.5 Å².